The predicted octanol–water partition coefficient (Wildman–Crippen LogP) is 2.56. The number of nitrogens with zero attached hydrogens (tertiary/aromatic N) is 2. The number of carboxylic acid groups (broad SMARTS) is 1. The molecule has 8 heteroatoms. The zero-order valence-corrected chi connectivity index (χ0v) is 11.5. The summed E-state index contributed by atoms with van der Waals surface area (Å²) in [5, 5.41) is 20.7. The third kappa shape index (κ3) is 3.29. The maximum absolute atomic E-state index is 11.3. The molecule has 0 aliphatic heterocycles. The third-order valence-electron chi connectivity index (χ3n) is 2.70. The Morgan fingerprint density at radius 3 is 2.76 bits per heavy atom. The van der Waals surface area contributed by atoms with Gasteiger partial charge in [-0.05, 0) is 17.7 Å². The quantitative estimate of drug-likeness (QED) is 0.495. The standard InChI is InChI=1S/C13H11N3O4S/c14-9-4-2-6-15-12(9)21-7-8-3-1-5-10(16(19)20)11(8)13(17)18/h1-6H,7,14H2,(H,17,18). The van der Waals surface area contributed by atoms with Gasteiger partial charge in [-0.2, -0.15) is 0 Å². The van der Waals surface area contributed by atoms with Crippen molar-refractivity contribution in [3.63, 3.8) is 0 Å². The minimum atomic E-state index is -1.33. The van der Waals surface area contributed by atoms with Gasteiger partial charge in [0, 0.05) is 18.0 Å². The smallest absolute Gasteiger partial charge is 0.343 e. The van der Waals surface area contributed by atoms with Crippen molar-refractivity contribution < 1.29 is 14.8 Å². The summed E-state index contributed by atoms with van der Waals surface area (Å²) in [4.78, 5) is 25.6. The Bertz CT molecular complexity index is 706. The van der Waals surface area contributed by atoms with E-state index in [-0.39, 0.29) is 11.3 Å². The van der Waals surface area contributed by atoms with Crippen LogP contribution in [0.15, 0.2) is 41.6 Å². The second-order valence-electron chi connectivity index (χ2n) is 4.06. The van der Waals surface area contributed by atoms with Crippen LogP contribution in [0.3, 0.4) is 0 Å². The summed E-state index contributed by atoms with van der Waals surface area (Å²) in [6, 6.07) is 7.55. The molecule has 1 aromatic heterocycles. The van der Waals surface area contributed by atoms with Crippen molar-refractivity contribution in [2.45, 2.75) is 10.8 Å². The number of nitro groups is 1. The van der Waals surface area contributed by atoms with E-state index in [1.165, 1.54) is 23.9 Å². The molecule has 2 rings (SSSR count). The lowest BCUT2D eigenvalue weighted by atomic mass is 10.1. The monoisotopic (exact) mass is 305 g/mol. The highest BCUT2D eigenvalue weighted by Crippen LogP contribution is 2.30. The number of carboxylic acids is 1. The van der Waals surface area contributed by atoms with Crippen LogP contribution in [0.25, 0.3) is 0 Å². The molecular weight excluding hydrogens is 294 g/mol. The van der Waals surface area contributed by atoms with Gasteiger partial charge in [0.05, 0.1) is 10.6 Å². The second-order valence-corrected chi connectivity index (χ2v) is 5.02. The topological polar surface area (TPSA) is 119 Å². The number of nitro benzene ring substituents is 1. The molecule has 21 heavy (non-hydrogen) atoms. The highest BCUT2D eigenvalue weighted by atomic mass is 32.2. The van der Waals surface area contributed by atoms with E-state index in [4.69, 9.17) is 5.73 Å². The van der Waals surface area contributed by atoms with Crippen molar-refractivity contribution in [2.24, 2.45) is 0 Å². The molecule has 0 saturated carbocycles. The summed E-state index contributed by atoms with van der Waals surface area (Å²) in [5.41, 5.74) is 5.86. The summed E-state index contributed by atoms with van der Waals surface area (Å²) in [6.45, 7) is 0. The molecule has 0 unspecified atom stereocenters. The lowest BCUT2D eigenvalue weighted by Gasteiger charge is -2.07. The number of carbonyl (C=O) groups is 1. The fourth-order valence-corrected chi connectivity index (χ4v) is 2.68. The molecule has 0 bridgehead atoms. The minimum absolute atomic E-state index is 0.227. The highest BCUT2D eigenvalue weighted by Gasteiger charge is 2.23. The van der Waals surface area contributed by atoms with Crippen molar-refractivity contribution in [1.82, 2.24) is 4.98 Å². The Hall–Kier alpha value is -2.61. The van der Waals surface area contributed by atoms with Gasteiger partial charge in [-0.3, -0.25) is 10.1 Å². The summed E-state index contributed by atoms with van der Waals surface area (Å²) in [7, 11) is 0. The molecule has 108 valence electrons. The Balaban J connectivity index is 2.32. The fourth-order valence-electron chi connectivity index (χ4n) is 1.78. The lowest BCUT2D eigenvalue weighted by Crippen LogP contribution is -2.06. The number of benzene rings is 1. The van der Waals surface area contributed by atoms with Crippen LogP contribution in [-0.4, -0.2) is 21.0 Å². The first-order chi connectivity index (χ1) is 10.0. The molecule has 0 atom stereocenters. The average Bonchev–Trinajstić information content (AvgIpc) is 2.45. The van der Waals surface area contributed by atoms with Crippen LogP contribution < -0.4 is 5.73 Å². The Kier molecular flexibility index (Phi) is 4.39. The summed E-state index contributed by atoms with van der Waals surface area (Å²) in [6.07, 6.45) is 1.57. The van der Waals surface area contributed by atoms with Crippen molar-refractivity contribution in [1.29, 1.82) is 0 Å². The maximum atomic E-state index is 11.3. The number of aromatic carboxylic acids is 1. The van der Waals surface area contributed by atoms with Crippen molar-refractivity contribution in [2.75, 3.05) is 5.73 Å². The molecule has 0 spiro atoms. The van der Waals surface area contributed by atoms with E-state index in [1.807, 2.05) is 0 Å². The number of rotatable bonds is 5. The first-order valence-electron chi connectivity index (χ1n) is 5.83. The van der Waals surface area contributed by atoms with Gasteiger partial charge in [0.2, 0.25) is 0 Å². The van der Waals surface area contributed by atoms with Crippen LogP contribution in [0.1, 0.15) is 15.9 Å². The molecule has 0 fully saturated rings. The van der Waals surface area contributed by atoms with E-state index >= 15 is 0 Å². The number of anilines is 1. The predicted molar refractivity (Wildman–Crippen MR) is 78.3 cm³/mol. The molecule has 0 aliphatic rings. The van der Waals surface area contributed by atoms with Gasteiger partial charge in [0.1, 0.15) is 10.6 Å². The number of nitrogens with two attached hydrogens (primary N) is 1. The average molecular weight is 305 g/mol. The fraction of sp³-hybridized carbons (Fsp3) is 0.0769. The SMILES string of the molecule is Nc1cccnc1SCc1cccc([N+](=O)[O-])c1C(=O)O. The van der Waals surface area contributed by atoms with Gasteiger partial charge in [-0.25, -0.2) is 9.78 Å². The van der Waals surface area contributed by atoms with Crippen molar-refractivity contribution in [3.05, 3.63) is 57.8 Å². The van der Waals surface area contributed by atoms with E-state index in [0.29, 0.717) is 16.3 Å². The Morgan fingerprint density at radius 1 is 1.38 bits per heavy atom. The lowest BCUT2D eigenvalue weighted by molar-refractivity contribution is -0.385. The van der Waals surface area contributed by atoms with E-state index in [0.717, 1.165) is 0 Å². The van der Waals surface area contributed by atoms with Crippen LogP contribution in [-0.2, 0) is 5.75 Å². The van der Waals surface area contributed by atoms with Gasteiger partial charge in [-0.1, -0.05) is 23.9 Å². The summed E-state index contributed by atoms with van der Waals surface area (Å²) >= 11 is 1.23. The van der Waals surface area contributed by atoms with E-state index in [2.05, 4.69) is 4.98 Å². The molecule has 3 N–H and O–H groups in total. The molecule has 0 saturated heterocycles. The molecule has 0 amide bonds. The first-order valence-corrected chi connectivity index (χ1v) is 6.82. The number of hydrogen-bond donors (Lipinski definition) is 2. The largest absolute Gasteiger partial charge is 0.477 e. The van der Waals surface area contributed by atoms with E-state index < -0.39 is 16.6 Å². The molecule has 0 radical (unpaired) electrons. The maximum Gasteiger partial charge on any atom is 0.343 e. The van der Waals surface area contributed by atoms with E-state index in [1.54, 1.807) is 24.4 Å². The van der Waals surface area contributed by atoms with Crippen LogP contribution in [0.5, 0.6) is 0 Å². The van der Waals surface area contributed by atoms with Gasteiger partial charge >= 0.3 is 5.97 Å². The van der Waals surface area contributed by atoms with Crippen LogP contribution in [0.2, 0.25) is 0 Å². The zero-order valence-electron chi connectivity index (χ0n) is 10.7. The van der Waals surface area contributed by atoms with Gasteiger partial charge in [0.15, 0.2) is 0 Å². The molecule has 2 aromatic rings. The number of aromatic nitrogens is 1. The molecule has 7 nitrogen and oxygen atoms in total. The number of thioether (sulfide) groups is 1. The summed E-state index contributed by atoms with van der Waals surface area (Å²) in [5.74, 6) is -1.10. The first kappa shape index (κ1) is 14.8. The van der Waals surface area contributed by atoms with E-state index in [9.17, 15) is 20.0 Å². The third-order valence-corrected chi connectivity index (χ3v) is 3.77. The normalized spacial score (nSPS) is 10.3. The molecule has 1 heterocycles. The Labute approximate surface area is 124 Å². The highest BCUT2D eigenvalue weighted by molar-refractivity contribution is 7.98. The molecule has 0 aliphatic carbocycles. The minimum Gasteiger partial charge on any atom is -0.477 e. The van der Waals surface area contributed by atoms with Crippen LogP contribution >= 0.6 is 11.8 Å². The molecular formula is C13H11N3O4S. The number of nitrogen functional groups attached to an aromatic ring is 1. The second kappa shape index (κ2) is 6.23. The Morgan fingerprint density at radius 2 is 2.14 bits per heavy atom. The van der Waals surface area contributed by atoms with Gasteiger partial charge in [0.25, 0.3) is 5.69 Å². The van der Waals surface area contributed by atoms with Crippen molar-refractivity contribution >= 4 is 29.1 Å². The van der Waals surface area contributed by atoms with Gasteiger partial charge < -0.3 is 10.8 Å². The van der Waals surface area contributed by atoms with Crippen LogP contribution in [0, 0.1) is 10.1 Å². The zero-order chi connectivity index (χ0) is 15.4. The van der Waals surface area contributed by atoms with Crippen LogP contribution in [0.4, 0.5) is 11.4 Å². The number of pyridine rings is 1. The van der Waals surface area contributed by atoms with Gasteiger partial charge in [-0.15, -0.1) is 0 Å². The van der Waals surface area contributed by atoms with Crippen molar-refractivity contribution in [3.8, 4) is 0 Å². The molecule has 1 aromatic carbocycles. The number of hydrogen-bond acceptors (Lipinski definition) is 6. The summed E-state index contributed by atoms with van der Waals surface area (Å²) < 4.78 is 0.